The van der Waals surface area contributed by atoms with Crippen LogP contribution in [0.5, 0.6) is 0 Å². The molecule has 1 nitrogen and oxygen atoms in total. The molecule has 0 amide bonds. The summed E-state index contributed by atoms with van der Waals surface area (Å²) in [5.41, 5.74) is 0. The summed E-state index contributed by atoms with van der Waals surface area (Å²) in [6.45, 7) is 2.24. The monoisotopic (exact) mass is 154 g/mol. The van der Waals surface area contributed by atoms with Crippen LogP contribution in [0.4, 0.5) is 0 Å². The number of hydrogen-bond donors (Lipinski definition) is 0. The van der Waals surface area contributed by atoms with Crippen LogP contribution in [-0.4, -0.2) is 12.2 Å². The minimum absolute atomic E-state index is 0.600. The third-order valence-corrected chi connectivity index (χ3v) is 3.23. The summed E-state index contributed by atoms with van der Waals surface area (Å²) < 4.78 is 5.91. The van der Waals surface area contributed by atoms with Gasteiger partial charge in [0.05, 0.1) is 12.2 Å². The van der Waals surface area contributed by atoms with E-state index in [1.807, 2.05) is 0 Å². The first-order chi connectivity index (χ1) is 5.40. The standard InChI is InChI=1S/C10H18O/c1-2-9-7-8-5-3-4-6-10(8)11-9/h8-10H,2-7H2,1H3. The van der Waals surface area contributed by atoms with Crippen molar-refractivity contribution >= 4 is 0 Å². The number of hydrogen-bond acceptors (Lipinski definition) is 1. The lowest BCUT2D eigenvalue weighted by molar-refractivity contribution is 0.0178. The molecule has 2 aliphatic rings. The summed E-state index contributed by atoms with van der Waals surface area (Å²) in [4.78, 5) is 0. The van der Waals surface area contributed by atoms with Crippen molar-refractivity contribution in [2.24, 2.45) is 5.92 Å². The molecule has 0 aromatic heterocycles. The summed E-state index contributed by atoms with van der Waals surface area (Å²) in [7, 11) is 0. The summed E-state index contributed by atoms with van der Waals surface area (Å²) in [6.07, 6.45) is 9.42. The van der Waals surface area contributed by atoms with Gasteiger partial charge >= 0.3 is 0 Å². The molecule has 2 fully saturated rings. The Morgan fingerprint density at radius 1 is 1.27 bits per heavy atom. The molecule has 1 aliphatic carbocycles. The van der Waals surface area contributed by atoms with Crippen LogP contribution in [0.1, 0.15) is 45.4 Å². The van der Waals surface area contributed by atoms with Gasteiger partial charge in [-0.25, -0.2) is 0 Å². The molecule has 0 spiro atoms. The lowest BCUT2D eigenvalue weighted by Gasteiger charge is -2.23. The molecule has 64 valence electrons. The highest BCUT2D eigenvalue weighted by atomic mass is 16.5. The molecule has 3 atom stereocenters. The highest BCUT2D eigenvalue weighted by Crippen LogP contribution is 2.37. The third kappa shape index (κ3) is 1.44. The molecule has 1 aliphatic heterocycles. The van der Waals surface area contributed by atoms with Gasteiger partial charge in [-0.1, -0.05) is 19.8 Å². The van der Waals surface area contributed by atoms with Gasteiger partial charge in [0.25, 0.3) is 0 Å². The van der Waals surface area contributed by atoms with E-state index in [2.05, 4.69) is 6.92 Å². The van der Waals surface area contributed by atoms with Crippen molar-refractivity contribution < 1.29 is 4.74 Å². The van der Waals surface area contributed by atoms with Crippen LogP contribution in [0, 0.1) is 5.92 Å². The van der Waals surface area contributed by atoms with Crippen LogP contribution in [0.15, 0.2) is 0 Å². The van der Waals surface area contributed by atoms with Crippen LogP contribution in [0.25, 0.3) is 0 Å². The Bertz CT molecular complexity index is 119. The molecule has 11 heavy (non-hydrogen) atoms. The lowest BCUT2D eigenvalue weighted by atomic mass is 9.85. The van der Waals surface area contributed by atoms with Crippen molar-refractivity contribution in [3.63, 3.8) is 0 Å². The molecular weight excluding hydrogens is 136 g/mol. The molecule has 0 N–H and O–H groups in total. The van der Waals surface area contributed by atoms with Gasteiger partial charge in [0, 0.05) is 0 Å². The average molecular weight is 154 g/mol. The van der Waals surface area contributed by atoms with Crippen LogP contribution in [0.3, 0.4) is 0 Å². The van der Waals surface area contributed by atoms with Gasteiger partial charge < -0.3 is 4.74 Å². The molecule has 0 aromatic carbocycles. The summed E-state index contributed by atoms with van der Waals surface area (Å²) in [6, 6.07) is 0. The Hall–Kier alpha value is -0.0400. The maximum absolute atomic E-state index is 5.91. The number of fused-ring (bicyclic) bond motifs is 1. The molecule has 1 saturated heterocycles. The van der Waals surface area contributed by atoms with E-state index in [-0.39, 0.29) is 0 Å². The molecular formula is C10H18O. The highest BCUT2D eigenvalue weighted by Gasteiger charge is 2.35. The highest BCUT2D eigenvalue weighted by molar-refractivity contribution is 4.84. The zero-order valence-corrected chi connectivity index (χ0v) is 7.38. The fourth-order valence-corrected chi connectivity index (χ4v) is 2.53. The van der Waals surface area contributed by atoms with E-state index in [9.17, 15) is 0 Å². The molecule has 1 saturated carbocycles. The Morgan fingerprint density at radius 3 is 2.82 bits per heavy atom. The smallest absolute Gasteiger partial charge is 0.0608 e. The summed E-state index contributed by atoms with van der Waals surface area (Å²) >= 11 is 0. The predicted molar refractivity (Wildman–Crippen MR) is 45.5 cm³/mol. The van der Waals surface area contributed by atoms with Crippen LogP contribution in [-0.2, 0) is 4.74 Å². The second-order valence-corrected chi connectivity index (χ2v) is 3.99. The quantitative estimate of drug-likeness (QED) is 0.564. The van der Waals surface area contributed by atoms with Crippen LogP contribution < -0.4 is 0 Å². The Kier molecular flexibility index (Phi) is 2.17. The van der Waals surface area contributed by atoms with Gasteiger partial charge in [0.15, 0.2) is 0 Å². The van der Waals surface area contributed by atoms with Crippen LogP contribution in [0.2, 0.25) is 0 Å². The van der Waals surface area contributed by atoms with E-state index >= 15 is 0 Å². The molecule has 0 aromatic rings. The second kappa shape index (κ2) is 3.14. The molecule has 0 radical (unpaired) electrons. The van der Waals surface area contributed by atoms with Crippen molar-refractivity contribution in [1.29, 1.82) is 0 Å². The Balaban J connectivity index is 1.92. The van der Waals surface area contributed by atoms with Gasteiger partial charge in [-0.15, -0.1) is 0 Å². The normalized spacial score (nSPS) is 43.9. The zero-order valence-electron chi connectivity index (χ0n) is 7.38. The van der Waals surface area contributed by atoms with Gasteiger partial charge in [-0.2, -0.15) is 0 Å². The Labute approximate surface area is 69.1 Å². The molecule has 3 unspecified atom stereocenters. The molecule has 2 rings (SSSR count). The van der Waals surface area contributed by atoms with E-state index in [1.54, 1.807) is 0 Å². The largest absolute Gasteiger partial charge is 0.375 e. The zero-order chi connectivity index (χ0) is 7.68. The first-order valence-corrected chi connectivity index (χ1v) is 5.05. The van der Waals surface area contributed by atoms with Crippen molar-refractivity contribution in [2.45, 2.75) is 57.7 Å². The third-order valence-electron chi connectivity index (χ3n) is 3.23. The SMILES string of the molecule is CCC1CC2CCCCC2O1. The fourth-order valence-electron chi connectivity index (χ4n) is 2.53. The maximum Gasteiger partial charge on any atom is 0.0608 e. The first-order valence-electron chi connectivity index (χ1n) is 5.05. The fraction of sp³-hybridized carbons (Fsp3) is 1.00. The summed E-state index contributed by atoms with van der Waals surface area (Å²) in [5, 5.41) is 0. The van der Waals surface area contributed by atoms with Gasteiger partial charge in [0.2, 0.25) is 0 Å². The topological polar surface area (TPSA) is 9.23 Å². The van der Waals surface area contributed by atoms with Crippen LogP contribution >= 0.6 is 0 Å². The van der Waals surface area contributed by atoms with E-state index in [4.69, 9.17) is 4.74 Å². The van der Waals surface area contributed by atoms with Crippen molar-refractivity contribution in [3.05, 3.63) is 0 Å². The Morgan fingerprint density at radius 2 is 2.09 bits per heavy atom. The van der Waals surface area contributed by atoms with Crippen molar-refractivity contribution in [3.8, 4) is 0 Å². The van der Waals surface area contributed by atoms with Crippen molar-refractivity contribution in [1.82, 2.24) is 0 Å². The number of rotatable bonds is 1. The average Bonchev–Trinajstić information content (AvgIpc) is 2.46. The van der Waals surface area contributed by atoms with Crippen molar-refractivity contribution in [2.75, 3.05) is 0 Å². The van der Waals surface area contributed by atoms with Gasteiger partial charge in [-0.05, 0) is 31.6 Å². The van der Waals surface area contributed by atoms with E-state index < -0.39 is 0 Å². The van der Waals surface area contributed by atoms with E-state index in [0.717, 1.165) is 5.92 Å². The van der Waals surface area contributed by atoms with E-state index in [0.29, 0.717) is 12.2 Å². The lowest BCUT2D eigenvalue weighted by Crippen LogP contribution is -2.20. The minimum atomic E-state index is 0.600. The first kappa shape index (κ1) is 7.60. The predicted octanol–water partition coefficient (Wildman–Crippen LogP) is 2.74. The molecule has 1 heterocycles. The maximum atomic E-state index is 5.91. The minimum Gasteiger partial charge on any atom is -0.375 e. The summed E-state index contributed by atoms with van der Waals surface area (Å²) in [5.74, 6) is 0.925. The van der Waals surface area contributed by atoms with Gasteiger partial charge in [-0.3, -0.25) is 0 Å². The number of ether oxygens (including phenoxy) is 1. The molecule has 0 bridgehead atoms. The van der Waals surface area contributed by atoms with E-state index in [1.165, 1.54) is 38.5 Å². The molecule has 1 heteroatoms. The second-order valence-electron chi connectivity index (χ2n) is 3.99. The van der Waals surface area contributed by atoms with Gasteiger partial charge in [0.1, 0.15) is 0 Å².